The average molecular weight is 325 g/mol. The van der Waals surface area contributed by atoms with Gasteiger partial charge in [0, 0.05) is 31.0 Å². The van der Waals surface area contributed by atoms with Crippen molar-refractivity contribution in [3.63, 3.8) is 0 Å². The maximum absolute atomic E-state index is 10.7. The van der Waals surface area contributed by atoms with Crippen LogP contribution in [0.15, 0.2) is 48.8 Å². The van der Waals surface area contributed by atoms with Gasteiger partial charge in [-0.2, -0.15) is 0 Å². The smallest absolute Gasteiger partial charge is 0.404 e. The van der Waals surface area contributed by atoms with Crippen LogP contribution in [0.5, 0.6) is 0 Å². The summed E-state index contributed by atoms with van der Waals surface area (Å²) in [6.07, 6.45) is 6.57. The lowest BCUT2D eigenvalue weighted by Gasteiger charge is -2.29. The van der Waals surface area contributed by atoms with Crippen molar-refractivity contribution in [2.45, 2.75) is 44.3 Å². The summed E-state index contributed by atoms with van der Waals surface area (Å²) in [6, 6.07) is 13.1. The molecule has 1 aliphatic rings. The largest absolute Gasteiger partial charge is 0.465 e. The van der Waals surface area contributed by atoms with E-state index in [1.54, 1.807) is 6.20 Å². The molecule has 5 heteroatoms. The molecule has 1 saturated carbocycles. The van der Waals surface area contributed by atoms with Crippen molar-refractivity contribution in [2.75, 3.05) is 0 Å². The molecule has 0 atom stereocenters. The highest BCUT2D eigenvalue weighted by molar-refractivity contribution is 5.64. The van der Waals surface area contributed by atoms with Crippen molar-refractivity contribution in [1.82, 2.24) is 15.6 Å². The Labute approximate surface area is 142 Å². The second-order valence-corrected chi connectivity index (χ2v) is 6.32. The maximum atomic E-state index is 10.7. The van der Waals surface area contributed by atoms with E-state index in [1.165, 1.54) is 11.1 Å². The molecule has 5 nitrogen and oxygen atoms in total. The van der Waals surface area contributed by atoms with Crippen LogP contribution in [0.25, 0.3) is 11.1 Å². The molecule has 0 saturated heterocycles. The van der Waals surface area contributed by atoms with Gasteiger partial charge in [-0.1, -0.05) is 30.3 Å². The molecule has 1 aromatic heterocycles. The van der Waals surface area contributed by atoms with Crippen molar-refractivity contribution in [3.8, 4) is 11.1 Å². The number of rotatable bonds is 5. The molecule has 0 spiro atoms. The van der Waals surface area contributed by atoms with Crippen LogP contribution in [0.3, 0.4) is 0 Å². The predicted octanol–water partition coefficient (Wildman–Crippen LogP) is 3.42. The lowest BCUT2D eigenvalue weighted by atomic mass is 9.91. The highest BCUT2D eigenvalue weighted by atomic mass is 16.4. The molecule has 126 valence electrons. The number of nitrogens with one attached hydrogen (secondary N) is 2. The van der Waals surface area contributed by atoms with Crippen LogP contribution in [0.1, 0.15) is 31.2 Å². The van der Waals surface area contributed by atoms with Gasteiger partial charge in [0.25, 0.3) is 0 Å². The Kier molecular flexibility index (Phi) is 5.43. The lowest BCUT2D eigenvalue weighted by Crippen LogP contribution is -2.41. The molecule has 0 unspecified atom stereocenters. The maximum Gasteiger partial charge on any atom is 0.404 e. The summed E-state index contributed by atoms with van der Waals surface area (Å²) in [5, 5.41) is 14.9. The van der Waals surface area contributed by atoms with E-state index in [0.717, 1.165) is 37.8 Å². The Morgan fingerprint density at radius 2 is 1.75 bits per heavy atom. The second kappa shape index (κ2) is 7.93. The zero-order valence-electron chi connectivity index (χ0n) is 13.6. The van der Waals surface area contributed by atoms with Crippen LogP contribution in [0.4, 0.5) is 4.79 Å². The number of aromatic nitrogens is 1. The van der Waals surface area contributed by atoms with Crippen molar-refractivity contribution < 1.29 is 9.90 Å². The molecule has 0 radical (unpaired) electrons. The molecule has 1 aliphatic carbocycles. The van der Waals surface area contributed by atoms with Crippen LogP contribution in [-0.4, -0.2) is 28.3 Å². The van der Waals surface area contributed by atoms with Crippen LogP contribution >= 0.6 is 0 Å². The number of pyridine rings is 1. The number of amides is 1. The fraction of sp³-hybridized carbons (Fsp3) is 0.368. The number of hydrogen-bond donors (Lipinski definition) is 3. The Balaban J connectivity index is 1.47. The molecule has 24 heavy (non-hydrogen) atoms. The van der Waals surface area contributed by atoms with E-state index in [9.17, 15) is 4.79 Å². The summed E-state index contributed by atoms with van der Waals surface area (Å²) in [4.78, 5) is 14.8. The van der Waals surface area contributed by atoms with E-state index in [1.807, 2.05) is 12.3 Å². The van der Waals surface area contributed by atoms with E-state index in [4.69, 9.17) is 5.11 Å². The van der Waals surface area contributed by atoms with Gasteiger partial charge in [-0.3, -0.25) is 4.98 Å². The Bertz CT molecular complexity index is 650. The minimum Gasteiger partial charge on any atom is -0.465 e. The number of carboxylic acid groups (broad SMARTS) is 1. The monoisotopic (exact) mass is 325 g/mol. The first-order chi connectivity index (χ1) is 11.7. The third kappa shape index (κ3) is 4.55. The van der Waals surface area contributed by atoms with Crippen molar-refractivity contribution in [1.29, 1.82) is 0 Å². The molecule has 1 heterocycles. The third-order valence-corrected chi connectivity index (χ3v) is 4.60. The first-order valence-corrected chi connectivity index (χ1v) is 8.43. The van der Waals surface area contributed by atoms with E-state index < -0.39 is 6.09 Å². The van der Waals surface area contributed by atoms with E-state index >= 15 is 0 Å². The molecule has 1 aromatic carbocycles. The summed E-state index contributed by atoms with van der Waals surface area (Å²) >= 11 is 0. The SMILES string of the molecule is O=C(O)NC1CCC(NCc2ccc(-c3cccnc3)cc2)CC1. The Hall–Kier alpha value is -2.40. The molecular formula is C19H23N3O2. The molecular weight excluding hydrogens is 302 g/mol. The Morgan fingerprint density at radius 1 is 1.04 bits per heavy atom. The van der Waals surface area contributed by atoms with Crippen LogP contribution in [0.2, 0.25) is 0 Å². The summed E-state index contributed by atoms with van der Waals surface area (Å²) in [6.45, 7) is 0.842. The average Bonchev–Trinajstić information content (AvgIpc) is 2.62. The Morgan fingerprint density at radius 3 is 2.38 bits per heavy atom. The van der Waals surface area contributed by atoms with E-state index in [2.05, 4.69) is 45.9 Å². The molecule has 0 bridgehead atoms. The van der Waals surface area contributed by atoms with Crippen molar-refractivity contribution >= 4 is 6.09 Å². The third-order valence-electron chi connectivity index (χ3n) is 4.60. The van der Waals surface area contributed by atoms with Gasteiger partial charge < -0.3 is 15.7 Å². The van der Waals surface area contributed by atoms with Gasteiger partial charge in [-0.15, -0.1) is 0 Å². The van der Waals surface area contributed by atoms with E-state index in [-0.39, 0.29) is 6.04 Å². The molecule has 1 amide bonds. The van der Waals surface area contributed by atoms with Crippen LogP contribution in [0, 0.1) is 0 Å². The number of hydrogen-bond acceptors (Lipinski definition) is 3. The first kappa shape index (κ1) is 16.5. The fourth-order valence-electron chi connectivity index (χ4n) is 3.23. The standard InChI is InChI=1S/C19H23N3O2/c23-19(24)22-18-9-7-17(8-10-18)21-12-14-3-5-15(6-4-14)16-2-1-11-20-13-16/h1-6,11,13,17-18,21-22H,7-10,12H2,(H,23,24). The van der Waals surface area contributed by atoms with Gasteiger partial charge >= 0.3 is 6.09 Å². The van der Waals surface area contributed by atoms with Gasteiger partial charge in [-0.05, 0) is 48.4 Å². The summed E-state index contributed by atoms with van der Waals surface area (Å²) in [5.41, 5.74) is 3.56. The molecule has 0 aliphatic heterocycles. The van der Waals surface area contributed by atoms with E-state index in [0.29, 0.717) is 6.04 Å². The van der Waals surface area contributed by atoms with Gasteiger partial charge in [-0.25, -0.2) is 4.79 Å². The molecule has 3 rings (SSSR count). The van der Waals surface area contributed by atoms with Gasteiger partial charge in [0.2, 0.25) is 0 Å². The molecule has 3 N–H and O–H groups in total. The van der Waals surface area contributed by atoms with Gasteiger partial charge in [0.05, 0.1) is 0 Å². The lowest BCUT2D eigenvalue weighted by molar-refractivity contribution is 0.183. The highest BCUT2D eigenvalue weighted by Gasteiger charge is 2.21. The summed E-state index contributed by atoms with van der Waals surface area (Å²) in [7, 11) is 0. The van der Waals surface area contributed by atoms with Crippen LogP contribution < -0.4 is 10.6 Å². The summed E-state index contributed by atoms with van der Waals surface area (Å²) in [5.74, 6) is 0. The van der Waals surface area contributed by atoms with Crippen molar-refractivity contribution in [2.24, 2.45) is 0 Å². The molecule has 2 aromatic rings. The number of carbonyl (C=O) groups is 1. The molecule has 1 fully saturated rings. The minimum atomic E-state index is -0.917. The first-order valence-electron chi connectivity index (χ1n) is 8.43. The minimum absolute atomic E-state index is 0.110. The zero-order chi connectivity index (χ0) is 16.8. The van der Waals surface area contributed by atoms with Crippen LogP contribution in [-0.2, 0) is 6.54 Å². The van der Waals surface area contributed by atoms with Gasteiger partial charge in [0.1, 0.15) is 0 Å². The summed E-state index contributed by atoms with van der Waals surface area (Å²) < 4.78 is 0. The normalized spacial score (nSPS) is 20.5. The second-order valence-electron chi connectivity index (χ2n) is 6.32. The van der Waals surface area contributed by atoms with Crippen molar-refractivity contribution in [3.05, 3.63) is 54.4 Å². The predicted molar refractivity (Wildman–Crippen MR) is 93.7 cm³/mol. The topological polar surface area (TPSA) is 74.2 Å². The number of nitrogens with zero attached hydrogens (tertiary/aromatic N) is 1. The zero-order valence-corrected chi connectivity index (χ0v) is 13.6. The number of benzene rings is 1. The fourth-order valence-corrected chi connectivity index (χ4v) is 3.23. The highest BCUT2D eigenvalue weighted by Crippen LogP contribution is 2.20. The quantitative estimate of drug-likeness (QED) is 0.787. The van der Waals surface area contributed by atoms with Gasteiger partial charge in [0.15, 0.2) is 0 Å².